The van der Waals surface area contributed by atoms with Crippen LogP contribution in [0.1, 0.15) is 12.5 Å². The maximum atomic E-state index is 11.1. The highest BCUT2D eigenvalue weighted by atomic mass is 32.2. The number of benzene rings is 1. The monoisotopic (exact) mass is 191 g/mol. The van der Waals surface area contributed by atoms with Gasteiger partial charge in [-0.1, -0.05) is 30.0 Å². The lowest BCUT2D eigenvalue weighted by Crippen LogP contribution is -2.09. The molecule has 66 valence electrons. The number of ketones is 1. The van der Waals surface area contributed by atoms with Crippen LogP contribution in [0.3, 0.4) is 0 Å². The Morgan fingerprint density at radius 3 is 3.00 bits per heavy atom. The van der Waals surface area contributed by atoms with Gasteiger partial charge in [-0.25, -0.2) is 0 Å². The fourth-order valence-electron chi connectivity index (χ4n) is 1.21. The summed E-state index contributed by atoms with van der Waals surface area (Å²) in [5.74, 6) is 0.0551. The highest BCUT2D eigenvalue weighted by Crippen LogP contribution is 2.29. The SMILES string of the molecule is CC(=O)C1=NCc2ccccc2S1. The largest absolute Gasteiger partial charge is 0.292 e. The molecule has 2 rings (SSSR count). The number of hydrogen-bond donors (Lipinski definition) is 0. The molecule has 0 saturated heterocycles. The molecule has 1 aliphatic heterocycles. The average molecular weight is 191 g/mol. The Morgan fingerprint density at radius 1 is 1.46 bits per heavy atom. The molecule has 1 aliphatic rings. The zero-order valence-electron chi connectivity index (χ0n) is 7.28. The van der Waals surface area contributed by atoms with Gasteiger partial charge in [-0.2, -0.15) is 0 Å². The van der Waals surface area contributed by atoms with Crippen LogP contribution in [0.5, 0.6) is 0 Å². The van der Waals surface area contributed by atoms with Crippen molar-refractivity contribution >= 4 is 22.6 Å². The van der Waals surface area contributed by atoms with E-state index in [-0.39, 0.29) is 5.78 Å². The van der Waals surface area contributed by atoms with Crippen LogP contribution in [0.4, 0.5) is 0 Å². The number of Topliss-reactive ketones (excluding diaryl/α,β-unsaturated/α-hetero) is 1. The Kier molecular flexibility index (Phi) is 2.19. The summed E-state index contributed by atoms with van der Waals surface area (Å²) >= 11 is 1.47. The topological polar surface area (TPSA) is 29.4 Å². The molecule has 0 saturated carbocycles. The molecule has 3 heteroatoms. The molecule has 1 aromatic carbocycles. The zero-order chi connectivity index (χ0) is 9.26. The molecule has 13 heavy (non-hydrogen) atoms. The van der Waals surface area contributed by atoms with Gasteiger partial charge in [0.2, 0.25) is 0 Å². The van der Waals surface area contributed by atoms with Crippen LogP contribution in [0, 0.1) is 0 Å². The summed E-state index contributed by atoms with van der Waals surface area (Å²) in [5, 5.41) is 0.624. The van der Waals surface area contributed by atoms with Crippen molar-refractivity contribution in [3.8, 4) is 0 Å². The lowest BCUT2D eigenvalue weighted by molar-refractivity contribution is -0.110. The predicted octanol–water partition coefficient (Wildman–Crippen LogP) is 2.28. The molecule has 0 bridgehead atoms. The lowest BCUT2D eigenvalue weighted by atomic mass is 10.2. The normalized spacial score (nSPS) is 14.7. The van der Waals surface area contributed by atoms with E-state index in [4.69, 9.17) is 0 Å². The maximum absolute atomic E-state index is 11.1. The molecular formula is C10H9NOS. The molecule has 0 N–H and O–H groups in total. The minimum Gasteiger partial charge on any atom is -0.292 e. The van der Waals surface area contributed by atoms with Gasteiger partial charge >= 0.3 is 0 Å². The second kappa shape index (κ2) is 3.34. The third-order valence-electron chi connectivity index (χ3n) is 1.87. The van der Waals surface area contributed by atoms with Gasteiger partial charge in [0.05, 0.1) is 6.54 Å². The Labute approximate surface area is 81.1 Å². The molecule has 0 atom stereocenters. The number of carbonyl (C=O) groups is 1. The molecule has 0 amide bonds. The highest BCUT2D eigenvalue weighted by Gasteiger charge is 2.15. The van der Waals surface area contributed by atoms with E-state index in [9.17, 15) is 4.79 Å². The van der Waals surface area contributed by atoms with Crippen LogP contribution < -0.4 is 0 Å². The van der Waals surface area contributed by atoms with E-state index < -0.39 is 0 Å². The van der Waals surface area contributed by atoms with Crippen molar-refractivity contribution in [1.29, 1.82) is 0 Å². The number of nitrogens with zero attached hydrogens (tertiary/aromatic N) is 1. The van der Waals surface area contributed by atoms with E-state index in [2.05, 4.69) is 4.99 Å². The smallest absolute Gasteiger partial charge is 0.184 e. The molecule has 0 aliphatic carbocycles. The van der Waals surface area contributed by atoms with Crippen molar-refractivity contribution in [2.75, 3.05) is 0 Å². The summed E-state index contributed by atoms with van der Waals surface area (Å²) in [7, 11) is 0. The number of hydrogen-bond acceptors (Lipinski definition) is 3. The first-order valence-electron chi connectivity index (χ1n) is 4.08. The Morgan fingerprint density at radius 2 is 2.23 bits per heavy atom. The van der Waals surface area contributed by atoms with E-state index in [0.717, 1.165) is 4.90 Å². The fraction of sp³-hybridized carbons (Fsp3) is 0.200. The first-order chi connectivity index (χ1) is 6.27. The van der Waals surface area contributed by atoms with E-state index >= 15 is 0 Å². The van der Waals surface area contributed by atoms with Crippen molar-refractivity contribution in [3.05, 3.63) is 29.8 Å². The van der Waals surface area contributed by atoms with Gasteiger partial charge in [-0.15, -0.1) is 0 Å². The van der Waals surface area contributed by atoms with Gasteiger partial charge in [0.15, 0.2) is 5.78 Å². The number of rotatable bonds is 1. The average Bonchev–Trinajstić information content (AvgIpc) is 2.17. The summed E-state index contributed by atoms with van der Waals surface area (Å²) in [6, 6.07) is 8.04. The predicted molar refractivity (Wildman–Crippen MR) is 54.1 cm³/mol. The van der Waals surface area contributed by atoms with Gasteiger partial charge < -0.3 is 0 Å². The van der Waals surface area contributed by atoms with E-state index in [1.54, 1.807) is 6.92 Å². The minimum absolute atomic E-state index is 0.0551. The van der Waals surface area contributed by atoms with Gasteiger partial charge in [-0.3, -0.25) is 9.79 Å². The van der Waals surface area contributed by atoms with E-state index in [0.29, 0.717) is 11.6 Å². The fourth-order valence-corrected chi connectivity index (χ4v) is 2.10. The van der Waals surface area contributed by atoms with Crippen LogP contribution in [0.25, 0.3) is 0 Å². The first kappa shape index (κ1) is 8.51. The summed E-state index contributed by atoms with van der Waals surface area (Å²) in [5.41, 5.74) is 1.21. The summed E-state index contributed by atoms with van der Waals surface area (Å²) < 4.78 is 0. The van der Waals surface area contributed by atoms with Gasteiger partial charge in [0.1, 0.15) is 5.04 Å². The summed E-state index contributed by atoms with van der Waals surface area (Å²) in [4.78, 5) is 16.4. The molecule has 1 aromatic rings. The first-order valence-corrected chi connectivity index (χ1v) is 4.90. The summed E-state index contributed by atoms with van der Waals surface area (Å²) in [6.45, 7) is 2.19. The quantitative estimate of drug-likeness (QED) is 0.681. The van der Waals surface area contributed by atoms with Crippen LogP contribution in [0.2, 0.25) is 0 Å². The van der Waals surface area contributed by atoms with Crippen molar-refractivity contribution in [3.63, 3.8) is 0 Å². The second-order valence-electron chi connectivity index (χ2n) is 2.89. The van der Waals surface area contributed by atoms with E-state index in [1.165, 1.54) is 17.3 Å². The lowest BCUT2D eigenvalue weighted by Gasteiger charge is -2.12. The van der Waals surface area contributed by atoms with Gasteiger partial charge in [-0.05, 0) is 11.6 Å². The third kappa shape index (κ3) is 1.65. The zero-order valence-corrected chi connectivity index (χ0v) is 8.10. The van der Waals surface area contributed by atoms with Crippen LogP contribution in [-0.4, -0.2) is 10.8 Å². The van der Waals surface area contributed by atoms with Crippen LogP contribution in [0.15, 0.2) is 34.2 Å². The Bertz CT molecular complexity index is 384. The maximum Gasteiger partial charge on any atom is 0.184 e. The summed E-state index contributed by atoms with van der Waals surface area (Å²) in [6.07, 6.45) is 0. The molecule has 0 unspecified atom stereocenters. The molecular weight excluding hydrogens is 182 g/mol. The standard InChI is InChI=1S/C10H9NOS/c1-7(12)10-11-6-8-4-2-3-5-9(8)13-10/h2-5H,6H2,1H3. The van der Waals surface area contributed by atoms with E-state index in [1.807, 2.05) is 24.3 Å². The Balaban J connectivity index is 2.33. The van der Waals surface area contributed by atoms with Crippen LogP contribution in [-0.2, 0) is 11.3 Å². The van der Waals surface area contributed by atoms with Crippen molar-refractivity contribution < 1.29 is 4.79 Å². The Hall–Kier alpha value is -1.09. The molecule has 0 aromatic heterocycles. The second-order valence-corrected chi connectivity index (χ2v) is 3.92. The van der Waals surface area contributed by atoms with Gasteiger partial charge in [0, 0.05) is 11.8 Å². The molecule has 0 spiro atoms. The van der Waals surface area contributed by atoms with Crippen molar-refractivity contribution in [1.82, 2.24) is 0 Å². The number of aliphatic imine (C=N–C) groups is 1. The number of thioether (sulfide) groups is 1. The molecule has 0 fully saturated rings. The molecule has 1 heterocycles. The highest BCUT2D eigenvalue weighted by molar-refractivity contribution is 8.15. The number of carbonyl (C=O) groups excluding carboxylic acids is 1. The van der Waals surface area contributed by atoms with Gasteiger partial charge in [0.25, 0.3) is 0 Å². The number of fused-ring (bicyclic) bond motifs is 1. The minimum atomic E-state index is 0.0551. The van der Waals surface area contributed by atoms with Crippen molar-refractivity contribution in [2.24, 2.45) is 4.99 Å². The third-order valence-corrected chi connectivity index (χ3v) is 3.10. The molecule has 2 nitrogen and oxygen atoms in total. The van der Waals surface area contributed by atoms with Crippen LogP contribution >= 0.6 is 11.8 Å². The molecule has 0 radical (unpaired) electrons. The van der Waals surface area contributed by atoms with Crippen molar-refractivity contribution in [2.45, 2.75) is 18.4 Å².